The molecule has 0 aromatic heterocycles. The van der Waals surface area contributed by atoms with Crippen molar-refractivity contribution in [1.29, 1.82) is 0 Å². The molecule has 21 heavy (non-hydrogen) atoms. The monoisotopic (exact) mass is 290 g/mol. The van der Waals surface area contributed by atoms with E-state index in [-0.39, 0.29) is 17.7 Å². The van der Waals surface area contributed by atoms with E-state index in [1.165, 1.54) is 37.7 Å². The van der Waals surface area contributed by atoms with Crippen molar-refractivity contribution in [2.75, 3.05) is 14.1 Å². The van der Waals surface area contributed by atoms with Crippen LogP contribution < -0.4 is 10.5 Å². The molecule has 2 rings (SSSR count). The standard InChI is InChI=1S/C18H30N2O/c1-14(2)21-16-10-8-9-15(13-16)17(19)18(20(3)4)11-6-5-7-12-18/h8-10,13-14,17H,5-7,11-12,19H2,1-4H3. The molecule has 118 valence electrons. The van der Waals surface area contributed by atoms with Gasteiger partial charge in [-0.25, -0.2) is 0 Å². The lowest BCUT2D eigenvalue weighted by Crippen LogP contribution is -2.53. The number of nitrogens with zero attached hydrogens (tertiary/aromatic N) is 1. The first kappa shape index (κ1) is 16.3. The Morgan fingerprint density at radius 1 is 1.14 bits per heavy atom. The number of hydrogen-bond donors (Lipinski definition) is 1. The van der Waals surface area contributed by atoms with E-state index < -0.39 is 0 Å². The maximum absolute atomic E-state index is 6.71. The van der Waals surface area contributed by atoms with Crippen LogP contribution in [0.2, 0.25) is 0 Å². The summed E-state index contributed by atoms with van der Waals surface area (Å²) in [6.07, 6.45) is 6.42. The molecule has 0 radical (unpaired) electrons. The fourth-order valence-electron chi connectivity index (χ4n) is 3.56. The number of ether oxygens (including phenoxy) is 1. The third-order valence-corrected chi connectivity index (χ3v) is 4.78. The van der Waals surface area contributed by atoms with Crippen molar-refractivity contribution in [3.05, 3.63) is 29.8 Å². The van der Waals surface area contributed by atoms with Crippen LogP contribution in [-0.4, -0.2) is 30.6 Å². The summed E-state index contributed by atoms with van der Waals surface area (Å²) in [5, 5.41) is 0. The van der Waals surface area contributed by atoms with E-state index in [1.54, 1.807) is 0 Å². The van der Waals surface area contributed by atoms with Gasteiger partial charge in [-0.3, -0.25) is 0 Å². The summed E-state index contributed by atoms with van der Waals surface area (Å²) < 4.78 is 5.82. The number of benzene rings is 1. The molecule has 0 saturated heterocycles. The topological polar surface area (TPSA) is 38.5 Å². The summed E-state index contributed by atoms with van der Waals surface area (Å²) in [6.45, 7) is 4.10. The molecule has 1 aromatic rings. The van der Waals surface area contributed by atoms with E-state index in [0.717, 1.165) is 5.75 Å². The summed E-state index contributed by atoms with van der Waals surface area (Å²) in [4.78, 5) is 2.34. The van der Waals surface area contributed by atoms with Crippen LogP contribution in [0, 0.1) is 0 Å². The fourth-order valence-corrected chi connectivity index (χ4v) is 3.56. The van der Waals surface area contributed by atoms with Gasteiger partial charge in [0, 0.05) is 11.6 Å². The van der Waals surface area contributed by atoms with Crippen LogP contribution in [0.5, 0.6) is 5.75 Å². The molecule has 1 aliphatic carbocycles. The van der Waals surface area contributed by atoms with E-state index in [9.17, 15) is 0 Å². The largest absolute Gasteiger partial charge is 0.491 e. The molecular formula is C18H30N2O. The summed E-state index contributed by atoms with van der Waals surface area (Å²) in [7, 11) is 4.33. The molecule has 1 fully saturated rings. The van der Waals surface area contributed by atoms with Crippen LogP contribution in [0.15, 0.2) is 24.3 Å². The third kappa shape index (κ3) is 3.58. The maximum Gasteiger partial charge on any atom is 0.120 e. The molecule has 2 N–H and O–H groups in total. The molecule has 1 atom stereocenters. The predicted molar refractivity (Wildman–Crippen MR) is 88.6 cm³/mol. The van der Waals surface area contributed by atoms with Crippen LogP contribution in [0.25, 0.3) is 0 Å². The molecule has 1 unspecified atom stereocenters. The lowest BCUT2D eigenvalue weighted by Gasteiger charge is -2.47. The van der Waals surface area contributed by atoms with Crippen molar-refractivity contribution in [2.45, 2.75) is 63.6 Å². The minimum atomic E-state index is 0.0310. The van der Waals surface area contributed by atoms with Gasteiger partial charge in [-0.15, -0.1) is 0 Å². The molecule has 1 saturated carbocycles. The van der Waals surface area contributed by atoms with Gasteiger partial charge in [0.15, 0.2) is 0 Å². The fraction of sp³-hybridized carbons (Fsp3) is 0.667. The van der Waals surface area contributed by atoms with Gasteiger partial charge in [-0.1, -0.05) is 31.4 Å². The van der Waals surface area contributed by atoms with Crippen molar-refractivity contribution < 1.29 is 4.74 Å². The van der Waals surface area contributed by atoms with Gasteiger partial charge in [0.1, 0.15) is 5.75 Å². The van der Waals surface area contributed by atoms with E-state index in [1.807, 2.05) is 6.07 Å². The predicted octanol–water partition coefficient (Wildman–Crippen LogP) is 3.74. The second-order valence-corrected chi connectivity index (χ2v) is 6.78. The Balaban J connectivity index is 2.26. The lowest BCUT2D eigenvalue weighted by atomic mass is 9.73. The smallest absolute Gasteiger partial charge is 0.120 e. The van der Waals surface area contributed by atoms with Crippen molar-refractivity contribution in [2.24, 2.45) is 5.73 Å². The van der Waals surface area contributed by atoms with Crippen LogP contribution in [0.4, 0.5) is 0 Å². The highest BCUT2D eigenvalue weighted by Gasteiger charge is 2.40. The maximum atomic E-state index is 6.71. The van der Waals surface area contributed by atoms with Crippen molar-refractivity contribution >= 4 is 0 Å². The van der Waals surface area contributed by atoms with E-state index in [0.29, 0.717) is 0 Å². The van der Waals surface area contributed by atoms with Gasteiger partial charge in [-0.05, 0) is 58.5 Å². The highest BCUT2D eigenvalue weighted by molar-refractivity contribution is 5.32. The Kier molecular flexibility index (Phi) is 5.28. The Morgan fingerprint density at radius 3 is 2.38 bits per heavy atom. The second kappa shape index (κ2) is 6.80. The number of likely N-dealkylation sites (N-methyl/N-ethyl adjacent to an activating group) is 1. The Hall–Kier alpha value is -1.06. The zero-order valence-corrected chi connectivity index (χ0v) is 13.9. The molecule has 0 heterocycles. The van der Waals surface area contributed by atoms with Gasteiger partial charge < -0.3 is 15.4 Å². The minimum absolute atomic E-state index is 0.0310. The minimum Gasteiger partial charge on any atom is -0.491 e. The average molecular weight is 290 g/mol. The molecule has 1 aliphatic rings. The summed E-state index contributed by atoms with van der Waals surface area (Å²) >= 11 is 0. The normalized spacial score (nSPS) is 19.8. The van der Waals surface area contributed by atoms with Gasteiger partial charge in [0.25, 0.3) is 0 Å². The highest BCUT2D eigenvalue weighted by Crippen LogP contribution is 2.41. The van der Waals surface area contributed by atoms with Gasteiger partial charge in [-0.2, -0.15) is 0 Å². The van der Waals surface area contributed by atoms with Crippen molar-refractivity contribution in [3.8, 4) is 5.75 Å². The first-order valence-electron chi connectivity index (χ1n) is 8.15. The van der Waals surface area contributed by atoms with Gasteiger partial charge in [0.05, 0.1) is 6.10 Å². The summed E-state index contributed by atoms with van der Waals surface area (Å²) in [5.74, 6) is 0.919. The molecule has 0 amide bonds. The molecule has 1 aromatic carbocycles. The third-order valence-electron chi connectivity index (χ3n) is 4.78. The van der Waals surface area contributed by atoms with Crippen LogP contribution in [0.1, 0.15) is 57.6 Å². The van der Waals surface area contributed by atoms with Gasteiger partial charge in [0.2, 0.25) is 0 Å². The number of hydrogen-bond acceptors (Lipinski definition) is 3. The Morgan fingerprint density at radius 2 is 1.81 bits per heavy atom. The molecular weight excluding hydrogens is 260 g/mol. The average Bonchev–Trinajstić information content (AvgIpc) is 2.46. The first-order valence-corrected chi connectivity index (χ1v) is 8.15. The second-order valence-electron chi connectivity index (χ2n) is 6.78. The zero-order chi connectivity index (χ0) is 15.5. The van der Waals surface area contributed by atoms with E-state index >= 15 is 0 Å². The molecule has 3 nitrogen and oxygen atoms in total. The number of nitrogens with two attached hydrogens (primary N) is 1. The lowest BCUT2D eigenvalue weighted by molar-refractivity contribution is 0.0712. The Bertz CT molecular complexity index is 450. The summed E-state index contributed by atoms with van der Waals surface area (Å²) in [5.41, 5.74) is 7.97. The molecule has 0 spiro atoms. The van der Waals surface area contributed by atoms with E-state index in [2.05, 4.69) is 51.0 Å². The molecule has 3 heteroatoms. The van der Waals surface area contributed by atoms with Crippen LogP contribution in [0.3, 0.4) is 0 Å². The highest BCUT2D eigenvalue weighted by atomic mass is 16.5. The number of rotatable bonds is 5. The Labute approximate surface area is 129 Å². The molecule has 0 aliphatic heterocycles. The van der Waals surface area contributed by atoms with Crippen molar-refractivity contribution in [1.82, 2.24) is 4.90 Å². The quantitative estimate of drug-likeness (QED) is 0.898. The SMILES string of the molecule is CC(C)Oc1cccc(C(N)C2(N(C)C)CCCCC2)c1. The first-order chi connectivity index (χ1) is 9.95. The van der Waals surface area contributed by atoms with Crippen LogP contribution in [-0.2, 0) is 0 Å². The summed E-state index contributed by atoms with van der Waals surface area (Å²) in [6, 6.07) is 8.35. The van der Waals surface area contributed by atoms with Crippen LogP contribution >= 0.6 is 0 Å². The van der Waals surface area contributed by atoms with E-state index in [4.69, 9.17) is 10.5 Å². The van der Waals surface area contributed by atoms with Gasteiger partial charge >= 0.3 is 0 Å². The zero-order valence-electron chi connectivity index (χ0n) is 13.9. The molecule has 0 bridgehead atoms. The van der Waals surface area contributed by atoms with Crippen molar-refractivity contribution in [3.63, 3.8) is 0 Å².